The van der Waals surface area contributed by atoms with Crippen molar-refractivity contribution in [3.8, 4) is 5.75 Å². The van der Waals surface area contributed by atoms with E-state index >= 15 is 0 Å². The lowest BCUT2D eigenvalue weighted by Gasteiger charge is -2.15. The number of rotatable bonds is 4. The summed E-state index contributed by atoms with van der Waals surface area (Å²) in [6.07, 6.45) is 2.54. The second kappa shape index (κ2) is 5.08. The summed E-state index contributed by atoms with van der Waals surface area (Å²) in [5.41, 5.74) is 7.63. The Bertz CT molecular complexity index is 418. The molecule has 1 aromatic rings. The van der Waals surface area contributed by atoms with Crippen LogP contribution in [0.2, 0.25) is 0 Å². The molecule has 0 unspecified atom stereocenters. The van der Waals surface area contributed by atoms with Gasteiger partial charge in [0.05, 0.1) is 12.8 Å². The van der Waals surface area contributed by atoms with Crippen LogP contribution < -0.4 is 10.5 Å². The average molecular weight is 234 g/mol. The quantitative estimate of drug-likeness (QED) is 0.802. The van der Waals surface area contributed by atoms with Crippen LogP contribution in [0.5, 0.6) is 5.75 Å². The van der Waals surface area contributed by atoms with E-state index in [4.69, 9.17) is 10.5 Å². The summed E-state index contributed by atoms with van der Waals surface area (Å²) in [6, 6.07) is 5.78. The molecule has 1 saturated heterocycles. The molecule has 1 fully saturated rings. The van der Waals surface area contributed by atoms with Gasteiger partial charge in [-0.1, -0.05) is 6.07 Å². The van der Waals surface area contributed by atoms with E-state index in [9.17, 15) is 4.79 Å². The van der Waals surface area contributed by atoms with E-state index in [-0.39, 0.29) is 5.91 Å². The van der Waals surface area contributed by atoms with Crippen LogP contribution in [-0.4, -0.2) is 31.0 Å². The lowest BCUT2D eigenvalue weighted by atomic mass is 10.1. The van der Waals surface area contributed by atoms with E-state index in [0.29, 0.717) is 17.9 Å². The molecule has 4 nitrogen and oxygen atoms in total. The number of ether oxygens (including phenoxy) is 1. The zero-order valence-corrected chi connectivity index (χ0v) is 10.1. The van der Waals surface area contributed by atoms with Gasteiger partial charge in [0.1, 0.15) is 5.75 Å². The van der Waals surface area contributed by atoms with E-state index < -0.39 is 0 Å². The summed E-state index contributed by atoms with van der Waals surface area (Å²) >= 11 is 0. The first-order chi connectivity index (χ1) is 8.20. The Labute approximate surface area is 101 Å². The highest BCUT2D eigenvalue weighted by molar-refractivity contribution is 5.78. The third kappa shape index (κ3) is 2.70. The lowest BCUT2D eigenvalue weighted by Crippen LogP contribution is -2.26. The second-order valence-electron chi connectivity index (χ2n) is 4.31. The summed E-state index contributed by atoms with van der Waals surface area (Å²) < 4.78 is 5.11. The van der Waals surface area contributed by atoms with Crippen LogP contribution >= 0.6 is 0 Å². The molecule has 0 saturated carbocycles. The molecule has 17 heavy (non-hydrogen) atoms. The van der Waals surface area contributed by atoms with Gasteiger partial charge >= 0.3 is 0 Å². The maximum absolute atomic E-state index is 11.4. The SMILES string of the molecule is COc1ccc(CCN2CCCC2=O)cc1N. The molecule has 0 aromatic heterocycles. The number of anilines is 1. The van der Waals surface area contributed by atoms with Gasteiger partial charge in [-0.2, -0.15) is 0 Å². The van der Waals surface area contributed by atoms with Crippen molar-refractivity contribution in [3.63, 3.8) is 0 Å². The van der Waals surface area contributed by atoms with Crippen molar-refractivity contribution < 1.29 is 9.53 Å². The molecular formula is C13H18N2O2. The van der Waals surface area contributed by atoms with Crippen LogP contribution in [0.4, 0.5) is 5.69 Å². The Balaban J connectivity index is 1.95. The van der Waals surface area contributed by atoms with E-state index in [1.165, 1.54) is 0 Å². The minimum absolute atomic E-state index is 0.270. The molecule has 1 amide bonds. The van der Waals surface area contributed by atoms with Gasteiger partial charge in [-0.15, -0.1) is 0 Å². The smallest absolute Gasteiger partial charge is 0.222 e. The van der Waals surface area contributed by atoms with E-state index in [2.05, 4.69) is 0 Å². The number of hydrogen-bond donors (Lipinski definition) is 1. The monoisotopic (exact) mass is 234 g/mol. The summed E-state index contributed by atoms with van der Waals surface area (Å²) in [4.78, 5) is 13.4. The highest BCUT2D eigenvalue weighted by Gasteiger charge is 2.19. The molecule has 0 spiro atoms. The van der Waals surface area contributed by atoms with Gasteiger partial charge in [0, 0.05) is 19.5 Å². The van der Waals surface area contributed by atoms with Gasteiger partial charge < -0.3 is 15.4 Å². The fourth-order valence-electron chi connectivity index (χ4n) is 2.14. The Morgan fingerprint density at radius 1 is 1.47 bits per heavy atom. The Morgan fingerprint density at radius 2 is 2.29 bits per heavy atom. The topological polar surface area (TPSA) is 55.6 Å². The highest BCUT2D eigenvalue weighted by Crippen LogP contribution is 2.22. The van der Waals surface area contributed by atoms with Crippen LogP contribution in [0.15, 0.2) is 18.2 Å². The molecule has 1 aliphatic heterocycles. The Morgan fingerprint density at radius 3 is 2.88 bits per heavy atom. The molecule has 1 heterocycles. The molecule has 2 rings (SSSR count). The zero-order chi connectivity index (χ0) is 12.3. The number of methoxy groups -OCH3 is 1. The van der Waals surface area contributed by atoms with Gasteiger partial charge in [-0.25, -0.2) is 0 Å². The largest absolute Gasteiger partial charge is 0.495 e. The van der Waals surface area contributed by atoms with Gasteiger partial charge in [0.2, 0.25) is 5.91 Å². The Hall–Kier alpha value is -1.71. The zero-order valence-electron chi connectivity index (χ0n) is 10.1. The highest BCUT2D eigenvalue weighted by atomic mass is 16.5. The van der Waals surface area contributed by atoms with Crippen molar-refractivity contribution in [3.05, 3.63) is 23.8 Å². The van der Waals surface area contributed by atoms with Crippen LogP contribution in [-0.2, 0) is 11.2 Å². The molecule has 0 radical (unpaired) electrons. The van der Waals surface area contributed by atoms with Crippen molar-refractivity contribution in [1.29, 1.82) is 0 Å². The molecule has 0 atom stereocenters. The second-order valence-corrected chi connectivity index (χ2v) is 4.31. The predicted octanol–water partition coefficient (Wildman–Crippen LogP) is 1.44. The molecule has 0 bridgehead atoms. The maximum atomic E-state index is 11.4. The summed E-state index contributed by atoms with van der Waals surface area (Å²) in [6.45, 7) is 1.68. The van der Waals surface area contributed by atoms with Crippen LogP contribution in [0, 0.1) is 0 Å². The van der Waals surface area contributed by atoms with Gasteiger partial charge in [-0.05, 0) is 30.5 Å². The first-order valence-electron chi connectivity index (χ1n) is 5.91. The molecule has 1 aliphatic rings. The van der Waals surface area contributed by atoms with Crippen molar-refractivity contribution in [1.82, 2.24) is 4.90 Å². The normalized spacial score (nSPS) is 15.4. The first kappa shape index (κ1) is 11.8. The van der Waals surface area contributed by atoms with E-state index in [1.54, 1.807) is 7.11 Å². The number of likely N-dealkylation sites (tertiary alicyclic amines) is 1. The molecule has 4 heteroatoms. The van der Waals surface area contributed by atoms with E-state index in [0.717, 1.165) is 31.5 Å². The molecular weight excluding hydrogens is 216 g/mol. The molecule has 2 N–H and O–H groups in total. The average Bonchev–Trinajstić information content (AvgIpc) is 2.72. The third-order valence-electron chi connectivity index (χ3n) is 3.14. The molecule has 0 aliphatic carbocycles. The minimum atomic E-state index is 0.270. The van der Waals surface area contributed by atoms with Crippen molar-refractivity contribution in [2.45, 2.75) is 19.3 Å². The fourth-order valence-corrected chi connectivity index (χ4v) is 2.14. The maximum Gasteiger partial charge on any atom is 0.222 e. The fraction of sp³-hybridized carbons (Fsp3) is 0.462. The minimum Gasteiger partial charge on any atom is -0.495 e. The van der Waals surface area contributed by atoms with Crippen molar-refractivity contribution in [2.24, 2.45) is 0 Å². The molecule has 92 valence electrons. The molecule has 1 aromatic carbocycles. The number of nitrogens with two attached hydrogens (primary N) is 1. The van der Waals surface area contributed by atoms with E-state index in [1.807, 2.05) is 23.1 Å². The Kier molecular flexibility index (Phi) is 3.52. The van der Waals surface area contributed by atoms with Gasteiger partial charge in [0.25, 0.3) is 0 Å². The third-order valence-corrected chi connectivity index (χ3v) is 3.14. The lowest BCUT2D eigenvalue weighted by molar-refractivity contribution is -0.127. The van der Waals surface area contributed by atoms with Crippen LogP contribution in [0.1, 0.15) is 18.4 Å². The number of nitrogen functional groups attached to an aromatic ring is 1. The number of benzene rings is 1. The summed E-state index contributed by atoms with van der Waals surface area (Å²) in [5, 5.41) is 0. The standard InChI is InChI=1S/C13H18N2O2/c1-17-12-5-4-10(9-11(12)14)6-8-15-7-2-3-13(15)16/h4-5,9H,2-3,6-8,14H2,1H3. The van der Waals surface area contributed by atoms with Crippen molar-refractivity contribution >= 4 is 11.6 Å². The summed E-state index contributed by atoms with van der Waals surface area (Å²) in [5.74, 6) is 0.970. The van der Waals surface area contributed by atoms with Crippen LogP contribution in [0.25, 0.3) is 0 Å². The number of hydrogen-bond acceptors (Lipinski definition) is 3. The number of carbonyl (C=O) groups excluding carboxylic acids is 1. The number of nitrogens with zero attached hydrogens (tertiary/aromatic N) is 1. The van der Waals surface area contributed by atoms with Gasteiger partial charge in [-0.3, -0.25) is 4.79 Å². The predicted molar refractivity (Wildman–Crippen MR) is 66.9 cm³/mol. The summed E-state index contributed by atoms with van der Waals surface area (Å²) in [7, 11) is 1.61. The van der Waals surface area contributed by atoms with Crippen LogP contribution in [0.3, 0.4) is 0 Å². The number of carbonyl (C=O) groups is 1. The first-order valence-corrected chi connectivity index (χ1v) is 5.91. The van der Waals surface area contributed by atoms with Crippen molar-refractivity contribution in [2.75, 3.05) is 25.9 Å². The number of amides is 1. The van der Waals surface area contributed by atoms with Gasteiger partial charge in [0.15, 0.2) is 0 Å².